The smallest absolute Gasteiger partial charge is 0.317 e. The SMILES string of the molecule is CN(C)C(=O)NCc1ccc(C(=O)c2c[nH]c3ccccc23)cc1. The van der Waals surface area contributed by atoms with Crippen LogP contribution in [-0.2, 0) is 6.54 Å². The Bertz CT molecular complexity index is 879. The molecule has 24 heavy (non-hydrogen) atoms. The summed E-state index contributed by atoms with van der Waals surface area (Å²) in [6.45, 7) is 0.429. The van der Waals surface area contributed by atoms with Gasteiger partial charge in [-0.3, -0.25) is 4.79 Å². The Hall–Kier alpha value is -3.08. The summed E-state index contributed by atoms with van der Waals surface area (Å²) in [5.74, 6) is -0.0173. The Labute approximate surface area is 140 Å². The molecule has 3 aromatic rings. The highest BCUT2D eigenvalue weighted by Crippen LogP contribution is 2.21. The number of ketones is 1. The van der Waals surface area contributed by atoms with E-state index in [1.807, 2.05) is 36.4 Å². The van der Waals surface area contributed by atoms with Crippen LogP contribution >= 0.6 is 0 Å². The van der Waals surface area contributed by atoms with E-state index in [-0.39, 0.29) is 11.8 Å². The van der Waals surface area contributed by atoms with Crippen molar-refractivity contribution in [2.24, 2.45) is 0 Å². The first-order valence-corrected chi connectivity index (χ1v) is 7.71. The van der Waals surface area contributed by atoms with E-state index in [9.17, 15) is 9.59 Å². The topological polar surface area (TPSA) is 65.2 Å². The number of hydrogen-bond acceptors (Lipinski definition) is 2. The number of amides is 2. The number of carbonyl (C=O) groups excluding carboxylic acids is 2. The largest absolute Gasteiger partial charge is 0.360 e. The fourth-order valence-electron chi connectivity index (χ4n) is 2.52. The first-order valence-electron chi connectivity index (χ1n) is 7.71. The van der Waals surface area contributed by atoms with Crippen LogP contribution < -0.4 is 5.32 Å². The zero-order valence-electron chi connectivity index (χ0n) is 13.7. The third-order valence-electron chi connectivity index (χ3n) is 3.90. The van der Waals surface area contributed by atoms with Crippen molar-refractivity contribution in [3.63, 3.8) is 0 Å². The number of aromatic nitrogens is 1. The highest BCUT2D eigenvalue weighted by Gasteiger charge is 2.13. The molecule has 0 saturated carbocycles. The molecule has 5 heteroatoms. The summed E-state index contributed by atoms with van der Waals surface area (Å²) in [6.07, 6.45) is 1.75. The van der Waals surface area contributed by atoms with Crippen molar-refractivity contribution in [2.75, 3.05) is 14.1 Å². The van der Waals surface area contributed by atoms with E-state index in [1.54, 1.807) is 32.4 Å². The van der Waals surface area contributed by atoms with Crippen LogP contribution in [0.1, 0.15) is 21.5 Å². The number of hydrogen-bond donors (Lipinski definition) is 2. The summed E-state index contributed by atoms with van der Waals surface area (Å²) < 4.78 is 0. The maximum atomic E-state index is 12.7. The fourth-order valence-corrected chi connectivity index (χ4v) is 2.52. The molecule has 1 aromatic heterocycles. The van der Waals surface area contributed by atoms with Gasteiger partial charge < -0.3 is 15.2 Å². The molecule has 0 spiro atoms. The predicted molar refractivity (Wildman–Crippen MR) is 94.1 cm³/mol. The number of fused-ring (bicyclic) bond motifs is 1. The number of nitrogens with zero attached hydrogens (tertiary/aromatic N) is 1. The third kappa shape index (κ3) is 3.15. The summed E-state index contributed by atoms with van der Waals surface area (Å²) >= 11 is 0. The number of rotatable bonds is 4. The van der Waals surface area contributed by atoms with E-state index in [0.29, 0.717) is 17.7 Å². The molecule has 0 aliphatic heterocycles. The number of benzene rings is 2. The fraction of sp³-hybridized carbons (Fsp3) is 0.158. The molecular weight excluding hydrogens is 302 g/mol. The van der Waals surface area contributed by atoms with Gasteiger partial charge in [0, 0.05) is 48.9 Å². The van der Waals surface area contributed by atoms with Crippen molar-refractivity contribution >= 4 is 22.7 Å². The zero-order valence-corrected chi connectivity index (χ0v) is 13.7. The van der Waals surface area contributed by atoms with Crippen molar-refractivity contribution in [2.45, 2.75) is 6.54 Å². The van der Waals surface area contributed by atoms with Gasteiger partial charge in [-0.05, 0) is 11.6 Å². The number of carbonyl (C=O) groups is 2. The standard InChI is InChI=1S/C19H19N3O2/c1-22(2)19(24)21-11-13-7-9-14(10-8-13)18(23)16-12-20-17-6-4-3-5-15(16)17/h3-10,12,20H,11H2,1-2H3,(H,21,24). The van der Waals surface area contributed by atoms with Crippen LogP contribution in [-0.4, -0.2) is 35.8 Å². The first-order chi connectivity index (χ1) is 11.6. The number of H-pyrrole nitrogens is 1. The molecule has 2 aromatic carbocycles. The molecule has 1 heterocycles. The Morgan fingerprint density at radius 1 is 1.04 bits per heavy atom. The van der Waals surface area contributed by atoms with E-state index in [2.05, 4.69) is 10.3 Å². The summed E-state index contributed by atoms with van der Waals surface area (Å²) in [5.41, 5.74) is 3.19. The second-order valence-electron chi connectivity index (χ2n) is 5.83. The number of para-hydroxylation sites is 1. The number of nitrogens with one attached hydrogen (secondary N) is 2. The van der Waals surface area contributed by atoms with Crippen LogP contribution in [0.2, 0.25) is 0 Å². The average Bonchev–Trinajstić information content (AvgIpc) is 3.03. The third-order valence-corrected chi connectivity index (χ3v) is 3.90. The minimum Gasteiger partial charge on any atom is -0.360 e. The lowest BCUT2D eigenvalue weighted by molar-refractivity contribution is 0.104. The van der Waals surface area contributed by atoms with E-state index in [0.717, 1.165) is 16.5 Å². The van der Waals surface area contributed by atoms with E-state index in [1.165, 1.54) is 4.90 Å². The van der Waals surface area contributed by atoms with E-state index >= 15 is 0 Å². The lowest BCUT2D eigenvalue weighted by atomic mass is 10.0. The molecule has 0 unspecified atom stereocenters. The molecular formula is C19H19N3O2. The molecule has 2 N–H and O–H groups in total. The van der Waals surface area contributed by atoms with Gasteiger partial charge in [-0.2, -0.15) is 0 Å². The van der Waals surface area contributed by atoms with E-state index < -0.39 is 0 Å². The minimum atomic E-state index is -0.144. The zero-order chi connectivity index (χ0) is 17.1. The molecule has 3 rings (SSSR count). The van der Waals surface area contributed by atoms with Gasteiger partial charge in [-0.15, -0.1) is 0 Å². The normalized spacial score (nSPS) is 10.6. The molecule has 0 saturated heterocycles. The van der Waals surface area contributed by atoms with Gasteiger partial charge in [-0.25, -0.2) is 4.79 Å². The molecule has 0 radical (unpaired) electrons. The molecule has 5 nitrogen and oxygen atoms in total. The van der Waals surface area contributed by atoms with Crippen LogP contribution in [0.4, 0.5) is 4.79 Å². The van der Waals surface area contributed by atoms with Crippen LogP contribution in [0, 0.1) is 0 Å². The van der Waals surface area contributed by atoms with Crippen molar-refractivity contribution < 1.29 is 9.59 Å². The molecule has 0 aliphatic carbocycles. The Kier molecular flexibility index (Phi) is 4.33. The predicted octanol–water partition coefficient (Wildman–Crippen LogP) is 3.17. The van der Waals surface area contributed by atoms with Gasteiger partial charge in [0.05, 0.1) is 0 Å². The summed E-state index contributed by atoms with van der Waals surface area (Å²) in [6, 6.07) is 14.9. The second kappa shape index (κ2) is 6.58. The Morgan fingerprint density at radius 3 is 2.46 bits per heavy atom. The Morgan fingerprint density at radius 2 is 1.75 bits per heavy atom. The Balaban J connectivity index is 1.76. The monoisotopic (exact) mass is 321 g/mol. The van der Waals surface area contributed by atoms with Crippen LogP contribution in [0.3, 0.4) is 0 Å². The number of aromatic amines is 1. The van der Waals surface area contributed by atoms with Crippen molar-refractivity contribution in [1.29, 1.82) is 0 Å². The lowest BCUT2D eigenvalue weighted by Gasteiger charge is -2.12. The molecule has 0 atom stereocenters. The highest BCUT2D eigenvalue weighted by molar-refractivity contribution is 6.16. The van der Waals surface area contributed by atoms with Gasteiger partial charge in [0.2, 0.25) is 0 Å². The van der Waals surface area contributed by atoms with Crippen molar-refractivity contribution in [3.8, 4) is 0 Å². The summed E-state index contributed by atoms with van der Waals surface area (Å²) in [4.78, 5) is 28.8. The second-order valence-corrected chi connectivity index (χ2v) is 5.83. The van der Waals surface area contributed by atoms with Gasteiger partial charge >= 0.3 is 6.03 Å². The van der Waals surface area contributed by atoms with Crippen LogP contribution in [0.5, 0.6) is 0 Å². The average molecular weight is 321 g/mol. The molecule has 2 amide bonds. The molecule has 0 bridgehead atoms. The molecule has 0 aliphatic rings. The van der Waals surface area contributed by atoms with Crippen LogP contribution in [0.15, 0.2) is 54.7 Å². The quantitative estimate of drug-likeness (QED) is 0.725. The summed E-state index contributed by atoms with van der Waals surface area (Å²) in [5, 5.41) is 3.72. The minimum absolute atomic E-state index is 0.0173. The number of urea groups is 1. The van der Waals surface area contributed by atoms with Crippen molar-refractivity contribution in [1.82, 2.24) is 15.2 Å². The van der Waals surface area contributed by atoms with Crippen LogP contribution in [0.25, 0.3) is 10.9 Å². The van der Waals surface area contributed by atoms with E-state index in [4.69, 9.17) is 0 Å². The maximum Gasteiger partial charge on any atom is 0.317 e. The van der Waals surface area contributed by atoms with Crippen molar-refractivity contribution in [3.05, 3.63) is 71.4 Å². The summed E-state index contributed by atoms with van der Waals surface area (Å²) in [7, 11) is 3.39. The van der Waals surface area contributed by atoms with Gasteiger partial charge in [0.15, 0.2) is 5.78 Å². The first kappa shape index (κ1) is 15.8. The molecule has 122 valence electrons. The van der Waals surface area contributed by atoms with Gasteiger partial charge in [0.25, 0.3) is 0 Å². The maximum absolute atomic E-state index is 12.7. The van der Waals surface area contributed by atoms with Gasteiger partial charge in [-0.1, -0.05) is 42.5 Å². The lowest BCUT2D eigenvalue weighted by Crippen LogP contribution is -2.33. The molecule has 0 fully saturated rings. The van der Waals surface area contributed by atoms with Gasteiger partial charge in [0.1, 0.15) is 0 Å². The highest BCUT2D eigenvalue weighted by atomic mass is 16.2.